The second-order valence-corrected chi connectivity index (χ2v) is 11.2. The van der Waals surface area contributed by atoms with Gasteiger partial charge in [0.15, 0.2) is 9.84 Å². The van der Waals surface area contributed by atoms with Crippen molar-refractivity contribution in [3.63, 3.8) is 0 Å². The van der Waals surface area contributed by atoms with Gasteiger partial charge in [-0.15, -0.1) is 0 Å². The van der Waals surface area contributed by atoms with E-state index in [1.54, 1.807) is 46.8 Å². The lowest BCUT2D eigenvalue weighted by atomic mass is 10.0. The number of rotatable bonds is 10. The number of para-hydroxylation sites is 1. The number of sulfone groups is 1. The highest BCUT2D eigenvalue weighted by atomic mass is 32.2. The summed E-state index contributed by atoms with van der Waals surface area (Å²) in [5.41, 5.74) is 7.38. The third kappa shape index (κ3) is 8.44. The van der Waals surface area contributed by atoms with Gasteiger partial charge in [0.1, 0.15) is 17.5 Å². The third-order valence-electron chi connectivity index (χ3n) is 4.66. The first-order valence-corrected chi connectivity index (χ1v) is 12.5. The Morgan fingerprint density at radius 2 is 1.50 bits per heavy atom. The van der Waals surface area contributed by atoms with Crippen molar-refractivity contribution < 1.29 is 27.6 Å². The third-order valence-corrected chi connectivity index (χ3v) is 6.42. The summed E-state index contributed by atoms with van der Waals surface area (Å²) in [7, 11) is -3.97. The van der Waals surface area contributed by atoms with Gasteiger partial charge in [0, 0.05) is 0 Å². The van der Waals surface area contributed by atoms with E-state index in [0.717, 1.165) is 0 Å². The van der Waals surface area contributed by atoms with Crippen molar-refractivity contribution in [3.05, 3.63) is 54.6 Å². The molecule has 0 spiro atoms. The van der Waals surface area contributed by atoms with Crippen LogP contribution in [0.3, 0.4) is 0 Å². The van der Waals surface area contributed by atoms with Gasteiger partial charge in [-0.25, -0.2) is 13.9 Å². The molecule has 186 valence electrons. The number of benzene rings is 2. The van der Waals surface area contributed by atoms with Crippen molar-refractivity contribution in [2.24, 2.45) is 11.7 Å². The molecule has 0 heterocycles. The van der Waals surface area contributed by atoms with Crippen LogP contribution in [-0.4, -0.2) is 43.7 Å². The minimum atomic E-state index is -3.97. The van der Waals surface area contributed by atoms with Gasteiger partial charge < -0.3 is 15.8 Å². The SMILES string of the molecule is CC(C)C(N)C(=O)N[C@@H](CS(=O)(=O)c1ccc(Oc2ccccc2)cc1)C(=O)NOC(C)(C)C. The van der Waals surface area contributed by atoms with Crippen molar-refractivity contribution in [3.8, 4) is 11.5 Å². The number of ether oxygens (including phenoxy) is 1. The van der Waals surface area contributed by atoms with E-state index in [-0.39, 0.29) is 10.8 Å². The fraction of sp³-hybridized carbons (Fsp3) is 0.417. The predicted molar refractivity (Wildman–Crippen MR) is 129 cm³/mol. The van der Waals surface area contributed by atoms with Crippen LogP contribution in [0, 0.1) is 5.92 Å². The van der Waals surface area contributed by atoms with Crippen LogP contribution in [-0.2, 0) is 24.3 Å². The summed E-state index contributed by atoms with van der Waals surface area (Å²) in [4.78, 5) is 30.4. The van der Waals surface area contributed by atoms with Gasteiger partial charge >= 0.3 is 0 Å². The van der Waals surface area contributed by atoms with Crippen LogP contribution < -0.4 is 21.3 Å². The van der Waals surface area contributed by atoms with Crippen molar-refractivity contribution >= 4 is 21.7 Å². The molecule has 2 amide bonds. The molecule has 2 rings (SSSR count). The van der Waals surface area contributed by atoms with E-state index < -0.39 is 45.1 Å². The van der Waals surface area contributed by atoms with E-state index >= 15 is 0 Å². The lowest BCUT2D eigenvalue weighted by Gasteiger charge is -2.24. The molecule has 2 aromatic rings. The van der Waals surface area contributed by atoms with E-state index in [4.69, 9.17) is 15.3 Å². The Bertz CT molecular complexity index is 1060. The topological polar surface area (TPSA) is 137 Å². The fourth-order valence-electron chi connectivity index (χ4n) is 2.68. The number of amides is 2. The smallest absolute Gasteiger partial charge is 0.267 e. The zero-order valence-corrected chi connectivity index (χ0v) is 20.9. The van der Waals surface area contributed by atoms with Crippen LogP contribution in [0.2, 0.25) is 0 Å². The van der Waals surface area contributed by atoms with Crippen LogP contribution in [0.4, 0.5) is 0 Å². The van der Waals surface area contributed by atoms with Crippen molar-refractivity contribution in [2.75, 3.05) is 5.75 Å². The molecule has 0 radical (unpaired) electrons. The molecule has 2 atom stereocenters. The molecular weight excluding hydrogens is 458 g/mol. The fourth-order valence-corrected chi connectivity index (χ4v) is 4.10. The molecule has 0 bridgehead atoms. The summed E-state index contributed by atoms with van der Waals surface area (Å²) in [6.45, 7) is 8.64. The van der Waals surface area contributed by atoms with Crippen molar-refractivity contribution in [2.45, 2.75) is 57.2 Å². The first-order valence-electron chi connectivity index (χ1n) is 10.9. The second-order valence-electron chi connectivity index (χ2n) is 9.18. The summed E-state index contributed by atoms with van der Waals surface area (Å²) >= 11 is 0. The zero-order chi connectivity index (χ0) is 25.5. The van der Waals surface area contributed by atoms with Crippen LogP contribution in [0.5, 0.6) is 11.5 Å². The van der Waals surface area contributed by atoms with Crippen molar-refractivity contribution in [1.29, 1.82) is 0 Å². The maximum absolute atomic E-state index is 13.1. The Kier molecular flexibility index (Phi) is 9.20. The lowest BCUT2D eigenvalue weighted by molar-refractivity contribution is -0.148. The van der Waals surface area contributed by atoms with E-state index in [2.05, 4.69) is 10.8 Å². The molecular formula is C24H33N3O6S. The highest BCUT2D eigenvalue weighted by molar-refractivity contribution is 7.91. The Morgan fingerprint density at radius 1 is 0.941 bits per heavy atom. The summed E-state index contributed by atoms with van der Waals surface area (Å²) in [5, 5.41) is 2.44. The molecule has 10 heteroatoms. The van der Waals surface area contributed by atoms with Gasteiger partial charge in [-0.2, -0.15) is 0 Å². The number of hydrogen-bond acceptors (Lipinski definition) is 7. The minimum absolute atomic E-state index is 0.0233. The number of nitrogens with two attached hydrogens (primary N) is 1. The second kappa shape index (κ2) is 11.5. The molecule has 0 fully saturated rings. The number of hydroxylamine groups is 1. The molecule has 0 aliphatic heterocycles. The highest BCUT2D eigenvalue weighted by Crippen LogP contribution is 2.23. The maximum Gasteiger partial charge on any atom is 0.267 e. The maximum atomic E-state index is 13.1. The normalized spacial score (nSPS) is 13.7. The molecule has 34 heavy (non-hydrogen) atoms. The molecule has 1 unspecified atom stereocenters. The molecule has 0 aliphatic rings. The van der Waals surface area contributed by atoms with Crippen LogP contribution in [0.15, 0.2) is 59.5 Å². The first-order chi connectivity index (χ1) is 15.8. The predicted octanol–water partition coefficient (Wildman–Crippen LogP) is 2.57. The van der Waals surface area contributed by atoms with Gasteiger partial charge in [0.25, 0.3) is 5.91 Å². The monoisotopic (exact) mass is 491 g/mol. The summed E-state index contributed by atoms with van der Waals surface area (Å²) in [5.74, 6) is -1.25. The number of hydrogen-bond donors (Lipinski definition) is 3. The summed E-state index contributed by atoms with van der Waals surface area (Å²) in [6, 6.07) is 12.5. The van der Waals surface area contributed by atoms with Gasteiger partial charge in [0.05, 0.1) is 22.3 Å². The van der Waals surface area contributed by atoms with Crippen molar-refractivity contribution in [1.82, 2.24) is 10.8 Å². The quantitative estimate of drug-likeness (QED) is 0.434. The Labute approximate surface area is 200 Å². The largest absolute Gasteiger partial charge is 0.457 e. The summed E-state index contributed by atoms with van der Waals surface area (Å²) in [6.07, 6.45) is 0. The molecule has 0 aliphatic carbocycles. The van der Waals surface area contributed by atoms with Crippen LogP contribution in [0.25, 0.3) is 0 Å². The molecule has 9 nitrogen and oxygen atoms in total. The number of carbonyl (C=O) groups excluding carboxylic acids is 2. The van der Waals surface area contributed by atoms with Gasteiger partial charge in [-0.1, -0.05) is 32.0 Å². The van der Waals surface area contributed by atoms with Crippen LogP contribution >= 0.6 is 0 Å². The van der Waals surface area contributed by atoms with Gasteiger partial charge in [0.2, 0.25) is 5.91 Å². The molecule has 4 N–H and O–H groups in total. The van der Waals surface area contributed by atoms with Gasteiger partial charge in [-0.05, 0) is 63.1 Å². The average molecular weight is 492 g/mol. The average Bonchev–Trinajstić information content (AvgIpc) is 2.76. The Balaban J connectivity index is 2.19. The Morgan fingerprint density at radius 3 is 2.03 bits per heavy atom. The van der Waals surface area contributed by atoms with Gasteiger partial charge in [-0.3, -0.25) is 14.4 Å². The minimum Gasteiger partial charge on any atom is -0.457 e. The van der Waals surface area contributed by atoms with Crippen LogP contribution in [0.1, 0.15) is 34.6 Å². The van der Waals surface area contributed by atoms with E-state index in [0.29, 0.717) is 11.5 Å². The molecule has 0 saturated carbocycles. The zero-order valence-electron chi connectivity index (χ0n) is 20.1. The number of nitrogens with one attached hydrogen (secondary N) is 2. The van der Waals surface area contributed by atoms with E-state index in [1.165, 1.54) is 24.3 Å². The molecule has 2 aromatic carbocycles. The lowest BCUT2D eigenvalue weighted by Crippen LogP contribution is -2.55. The highest BCUT2D eigenvalue weighted by Gasteiger charge is 2.31. The molecule has 0 aromatic heterocycles. The summed E-state index contributed by atoms with van der Waals surface area (Å²) < 4.78 is 31.8. The number of carbonyl (C=O) groups is 2. The first kappa shape index (κ1) is 27.3. The molecule has 0 saturated heterocycles. The van der Waals surface area contributed by atoms with E-state index in [9.17, 15) is 18.0 Å². The standard InChI is InChI=1S/C24H33N3O6S/c1-16(2)21(25)23(29)26-20(22(28)27-33-24(3,4)5)15-34(30,31)19-13-11-18(12-14-19)32-17-9-7-6-8-10-17/h6-14,16,20-21H,15,25H2,1-5H3,(H,26,29)(H,27,28)/t20-,21?/m0/s1. The Hall–Kier alpha value is -2.95. The van der Waals surface area contributed by atoms with E-state index in [1.807, 2.05) is 18.2 Å².